The number of carbonyl (C=O) groups excluding carboxylic acids is 1. The van der Waals surface area contributed by atoms with Crippen LogP contribution in [-0.2, 0) is 9.53 Å². The highest BCUT2D eigenvalue weighted by molar-refractivity contribution is 5.81. The lowest BCUT2D eigenvalue weighted by molar-refractivity contribution is -0.139. The van der Waals surface area contributed by atoms with E-state index >= 15 is 0 Å². The lowest BCUT2D eigenvalue weighted by Crippen LogP contribution is -2.12. The molecule has 0 heterocycles. The van der Waals surface area contributed by atoms with Gasteiger partial charge in [-0.2, -0.15) is 0 Å². The number of hydrogen-bond donors (Lipinski definition) is 1. The van der Waals surface area contributed by atoms with Gasteiger partial charge >= 0.3 is 5.97 Å². The Hall–Kier alpha value is -0.830. The van der Waals surface area contributed by atoms with Crippen LogP contribution >= 0.6 is 0 Å². The van der Waals surface area contributed by atoms with E-state index in [0.717, 1.165) is 25.7 Å². The van der Waals surface area contributed by atoms with Gasteiger partial charge in [0, 0.05) is 12.7 Å². The van der Waals surface area contributed by atoms with E-state index in [9.17, 15) is 4.79 Å². The summed E-state index contributed by atoms with van der Waals surface area (Å²) in [6.07, 6.45) is 4.99. The van der Waals surface area contributed by atoms with Gasteiger partial charge in [0.1, 0.15) is 0 Å². The van der Waals surface area contributed by atoms with Crippen LogP contribution in [0.5, 0.6) is 0 Å². The highest BCUT2D eigenvalue weighted by Crippen LogP contribution is 2.12. The Labute approximate surface area is 85.8 Å². The van der Waals surface area contributed by atoms with Crippen molar-refractivity contribution in [3.05, 3.63) is 12.7 Å². The predicted molar refractivity (Wildman–Crippen MR) is 55.9 cm³/mol. The molecule has 0 spiro atoms. The Morgan fingerprint density at radius 2 is 2.29 bits per heavy atom. The van der Waals surface area contributed by atoms with Crippen LogP contribution in [-0.4, -0.2) is 24.3 Å². The summed E-state index contributed by atoms with van der Waals surface area (Å²) in [4.78, 5) is 10.8. The van der Waals surface area contributed by atoms with Crippen LogP contribution in [0.3, 0.4) is 0 Å². The van der Waals surface area contributed by atoms with Crippen molar-refractivity contribution in [3.8, 4) is 0 Å². The van der Waals surface area contributed by atoms with Crippen molar-refractivity contribution in [1.29, 1.82) is 0 Å². The summed E-state index contributed by atoms with van der Waals surface area (Å²) < 4.78 is 4.96. The average Bonchev–Trinajstić information content (AvgIpc) is 2.22. The predicted octanol–water partition coefficient (Wildman–Crippen LogP) is 1.90. The maximum Gasteiger partial charge on any atom is 0.330 e. The molecule has 0 radical (unpaired) electrons. The van der Waals surface area contributed by atoms with Gasteiger partial charge in [-0.05, 0) is 18.8 Å². The molecule has 0 aliphatic rings. The minimum Gasteiger partial charge on any atom is -0.462 e. The standard InChI is InChI=1S/C11H20O3/c1-3-10(7-5-6-8-12)9-14-11(13)4-2/h4,10,12H,2-3,5-9H2,1H3. The second-order valence-electron chi connectivity index (χ2n) is 3.33. The number of unbranched alkanes of at least 4 members (excludes halogenated alkanes) is 1. The van der Waals surface area contributed by atoms with Crippen molar-refractivity contribution in [1.82, 2.24) is 0 Å². The number of aliphatic hydroxyl groups is 1. The Morgan fingerprint density at radius 3 is 2.79 bits per heavy atom. The summed E-state index contributed by atoms with van der Waals surface area (Å²) in [6, 6.07) is 0. The number of ether oxygens (including phenoxy) is 1. The molecule has 0 aromatic carbocycles. The molecule has 0 saturated carbocycles. The molecule has 14 heavy (non-hydrogen) atoms. The van der Waals surface area contributed by atoms with E-state index in [-0.39, 0.29) is 12.6 Å². The molecule has 0 aliphatic carbocycles. The fourth-order valence-electron chi connectivity index (χ4n) is 1.21. The van der Waals surface area contributed by atoms with Crippen molar-refractivity contribution in [2.45, 2.75) is 32.6 Å². The number of carbonyl (C=O) groups is 1. The van der Waals surface area contributed by atoms with Crippen molar-refractivity contribution in [3.63, 3.8) is 0 Å². The third-order valence-corrected chi connectivity index (χ3v) is 2.23. The molecule has 0 fully saturated rings. The van der Waals surface area contributed by atoms with E-state index < -0.39 is 0 Å². The van der Waals surface area contributed by atoms with Crippen LogP contribution in [0.2, 0.25) is 0 Å². The highest BCUT2D eigenvalue weighted by Gasteiger charge is 2.07. The first-order chi connectivity index (χ1) is 6.74. The Morgan fingerprint density at radius 1 is 1.57 bits per heavy atom. The first kappa shape index (κ1) is 13.2. The van der Waals surface area contributed by atoms with Gasteiger partial charge < -0.3 is 9.84 Å². The zero-order valence-electron chi connectivity index (χ0n) is 8.87. The average molecular weight is 200 g/mol. The molecule has 1 unspecified atom stereocenters. The van der Waals surface area contributed by atoms with Crippen molar-refractivity contribution >= 4 is 5.97 Å². The Bertz CT molecular complexity index is 166. The van der Waals surface area contributed by atoms with E-state index in [1.54, 1.807) is 0 Å². The number of hydrogen-bond acceptors (Lipinski definition) is 3. The molecule has 3 heteroatoms. The van der Waals surface area contributed by atoms with Crippen LogP contribution in [0.1, 0.15) is 32.6 Å². The molecule has 0 saturated heterocycles. The summed E-state index contributed by atoms with van der Waals surface area (Å²) >= 11 is 0. The van der Waals surface area contributed by atoms with Gasteiger partial charge in [-0.25, -0.2) is 4.79 Å². The summed E-state index contributed by atoms with van der Waals surface area (Å²) in [5, 5.41) is 8.61. The molecule has 3 nitrogen and oxygen atoms in total. The minimum atomic E-state index is -0.356. The second kappa shape index (κ2) is 8.75. The fourth-order valence-corrected chi connectivity index (χ4v) is 1.21. The maximum absolute atomic E-state index is 10.8. The number of aliphatic hydroxyl groups excluding tert-OH is 1. The van der Waals surface area contributed by atoms with Crippen LogP contribution in [0.4, 0.5) is 0 Å². The van der Waals surface area contributed by atoms with Crippen molar-refractivity contribution < 1.29 is 14.6 Å². The monoisotopic (exact) mass is 200 g/mol. The third kappa shape index (κ3) is 6.66. The molecular formula is C11H20O3. The van der Waals surface area contributed by atoms with Crippen molar-refractivity contribution in [2.75, 3.05) is 13.2 Å². The summed E-state index contributed by atoms with van der Waals surface area (Å²) in [5.41, 5.74) is 0. The minimum absolute atomic E-state index is 0.239. The summed E-state index contributed by atoms with van der Waals surface area (Å²) in [7, 11) is 0. The molecular weight excluding hydrogens is 180 g/mol. The van der Waals surface area contributed by atoms with Crippen LogP contribution in [0, 0.1) is 5.92 Å². The van der Waals surface area contributed by atoms with Crippen LogP contribution in [0.15, 0.2) is 12.7 Å². The van der Waals surface area contributed by atoms with Gasteiger partial charge in [0.2, 0.25) is 0 Å². The quantitative estimate of drug-likeness (QED) is 0.370. The fraction of sp³-hybridized carbons (Fsp3) is 0.727. The molecule has 0 aromatic heterocycles. The molecule has 0 rings (SSSR count). The first-order valence-corrected chi connectivity index (χ1v) is 5.14. The van der Waals surface area contributed by atoms with Gasteiger partial charge in [-0.3, -0.25) is 0 Å². The molecule has 1 N–H and O–H groups in total. The van der Waals surface area contributed by atoms with Gasteiger partial charge in [-0.1, -0.05) is 26.3 Å². The van der Waals surface area contributed by atoms with Gasteiger partial charge in [-0.15, -0.1) is 0 Å². The topological polar surface area (TPSA) is 46.5 Å². The summed E-state index contributed by atoms with van der Waals surface area (Å²) in [5.74, 6) is 0.0519. The SMILES string of the molecule is C=CC(=O)OCC(CC)CCCCO. The number of esters is 1. The lowest BCUT2D eigenvalue weighted by Gasteiger charge is -2.13. The maximum atomic E-state index is 10.8. The van der Waals surface area contributed by atoms with Crippen LogP contribution in [0.25, 0.3) is 0 Å². The molecule has 1 atom stereocenters. The smallest absolute Gasteiger partial charge is 0.330 e. The van der Waals surface area contributed by atoms with Gasteiger partial charge in [0.25, 0.3) is 0 Å². The molecule has 82 valence electrons. The molecule has 0 aliphatic heterocycles. The van der Waals surface area contributed by atoms with E-state index in [1.165, 1.54) is 6.08 Å². The van der Waals surface area contributed by atoms with Crippen molar-refractivity contribution in [2.24, 2.45) is 5.92 Å². The first-order valence-electron chi connectivity index (χ1n) is 5.14. The zero-order chi connectivity index (χ0) is 10.8. The molecule has 0 bridgehead atoms. The lowest BCUT2D eigenvalue weighted by atomic mass is 10.0. The third-order valence-electron chi connectivity index (χ3n) is 2.23. The normalized spacial score (nSPS) is 12.1. The van der Waals surface area contributed by atoms with E-state index in [0.29, 0.717) is 12.5 Å². The number of rotatable bonds is 8. The molecule has 0 amide bonds. The zero-order valence-corrected chi connectivity index (χ0v) is 8.87. The van der Waals surface area contributed by atoms with Crippen LogP contribution < -0.4 is 0 Å². The second-order valence-corrected chi connectivity index (χ2v) is 3.33. The highest BCUT2D eigenvalue weighted by atomic mass is 16.5. The largest absolute Gasteiger partial charge is 0.462 e. The molecule has 0 aromatic rings. The van der Waals surface area contributed by atoms with Gasteiger partial charge in [0.05, 0.1) is 6.61 Å². The summed E-state index contributed by atoms with van der Waals surface area (Å²) in [6.45, 7) is 6.11. The van der Waals surface area contributed by atoms with E-state index in [1.807, 2.05) is 0 Å². The van der Waals surface area contributed by atoms with E-state index in [2.05, 4.69) is 13.5 Å². The Balaban J connectivity index is 3.57. The van der Waals surface area contributed by atoms with Gasteiger partial charge in [0.15, 0.2) is 0 Å². The Kier molecular flexibility index (Phi) is 8.24. The van der Waals surface area contributed by atoms with E-state index in [4.69, 9.17) is 9.84 Å².